The second-order valence-electron chi connectivity index (χ2n) is 6.35. The molecule has 0 spiro atoms. The van der Waals surface area contributed by atoms with E-state index in [0.29, 0.717) is 13.2 Å². The number of piperidine rings is 1. The van der Waals surface area contributed by atoms with Gasteiger partial charge in [0.15, 0.2) is 6.54 Å². The third kappa shape index (κ3) is 5.94. The van der Waals surface area contributed by atoms with Crippen LogP contribution in [0.5, 0.6) is 0 Å². The van der Waals surface area contributed by atoms with Crippen molar-refractivity contribution in [3.05, 3.63) is 0 Å². The highest BCUT2D eigenvalue weighted by Crippen LogP contribution is 2.27. The van der Waals surface area contributed by atoms with Crippen LogP contribution in [0.1, 0.15) is 64.2 Å². The van der Waals surface area contributed by atoms with Crippen LogP contribution in [0.3, 0.4) is 0 Å². The number of nitrogens with one attached hydrogen (secondary N) is 1. The van der Waals surface area contributed by atoms with Gasteiger partial charge in [0.25, 0.3) is 0 Å². The Hall–Kier alpha value is -0.570. The van der Waals surface area contributed by atoms with Crippen molar-refractivity contribution in [2.75, 3.05) is 26.2 Å². The van der Waals surface area contributed by atoms with Gasteiger partial charge in [-0.15, -0.1) is 0 Å². The van der Waals surface area contributed by atoms with E-state index in [1.807, 2.05) is 0 Å². The Labute approximate surface area is 117 Å². The SMILES string of the molecule is O=C(C[NH+]1CCCCC1)OCCCC1CCCCC1. The molecule has 3 nitrogen and oxygen atoms in total. The van der Waals surface area contributed by atoms with E-state index in [9.17, 15) is 4.79 Å². The minimum absolute atomic E-state index is 0.0144. The summed E-state index contributed by atoms with van der Waals surface area (Å²) in [6.07, 6.45) is 13.2. The number of carbonyl (C=O) groups is 1. The van der Waals surface area contributed by atoms with Crippen molar-refractivity contribution in [1.29, 1.82) is 0 Å². The zero-order valence-electron chi connectivity index (χ0n) is 12.3. The van der Waals surface area contributed by atoms with Gasteiger partial charge in [-0.1, -0.05) is 32.1 Å². The lowest BCUT2D eigenvalue weighted by molar-refractivity contribution is -0.897. The summed E-state index contributed by atoms with van der Waals surface area (Å²) < 4.78 is 5.38. The van der Waals surface area contributed by atoms with Crippen LogP contribution in [0, 0.1) is 5.92 Å². The van der Waals surface area contributed by atoms with Crippen molar-refractivity contribution in [2.24, 2.45) is 5.92 Å². The van der Waals surface area contributed by atoms with Gasteiger partial charge in [0.05, 0.1) is 19.7 Å². The van der Waals surface area contributed by atoms with Crippen LogP contribution in [0.15, 0.2) is 0 Å². The number of rotatable bonds is 6. The number of ether oxygens (including phenoxy) is 1. The van der Waals surface area contributed by atoms with E-state index in [-0.39, 0.29) is 5.97 Å². The van der Waals surface area contributed by atoms with Gasteiger partial charge in [0.1, 0.15) is 0 Å². The van der Waals surface area contributed by atoms with Crippen LogP contribution in [-0.2, 0) is 9.53 Å². The molecule has 19 heavy (non-hydrogen) atoms. The lowest BCUT2D eigenvalue weighted by Gasteiger charge is -2.23. The van der Waals surface area contributed by atoms with Crippen molar-refractivity contribution in [2.45, 2.75) is 64.2 Å². The molecule has 1 aliphatic heterocycles. The molecule has 0 aromatic carbocycles. The van der Waals surface area contributed by atoms with E-state index in [2.05, 4.69) is 0 Å². The molecule has 0 radical (unpaired) electrons. The normalized spacial score (nSPS) is 22.3. The Morgan fingerprint density at radius 3 is 2.42 bits per heavy atom. The van der Waals surface area contributed by atoms with E-state index in [1.165, 1.54) is 62.7 Å². The van der Waals surface area contributed by atoms with Crippen molar-refractivity contribution >= 4 is 5.97 Å². The van der Waals surface area contributed by atoms with Crippen molar-refractivity contribution < 1.29 is 14.4 Å². The molecule has 1 heterocycles. The Bertz CT molecular complexity index is 255. The van der Waals surface area contributed by atoms with Gasteiger partial charge in [-0.05, 0) is 38.0 Å². The summed E-state index contributed by atoms with van der Waals surface area (Å²) in [6, 6.07) is 0. The van der Waals surface area contributed by atoms with Crippen LogP contribution in [0.25, 0.3) is 0 Å². The van der Waals surface area contributed by atoms with E-state index in [1.54, 1.807) is 0 Å². The molecule has 1 N–H and O–H groups in total. The molecule has 2 fully saturated rings. The largest absolute Gasteiger partial charge is 0.462 e. The number of quaternary nitrogens is 1. The zero-order chi connectivity index (χ0) is 13.3. The van der Waals surface area contributed by atoms with Gasteiger partial charge in [0, 0.05) is 0 Å². The molecule has 2 rings (SSSR count). The Morgan fingerprint density at radius 1 is 1.00 bits per heavy atom. The highest BCUT2D eigenvalue weighted by Gasteiger charge is 2.18. The molecule has 0 aromatic heterocycles. The third-order valence-corrected chi connectivity index (χ3v) is 4.70. The first kappa shape index (κ1) is 14.8. The number of hydrogen-bond donors (Lipinski definition) is 1. The quantitative estimate of drug-likeness (QED) is 0.590. The summed E-state index contributed by atoms with van der Waals surface area (Å²) in [4.78, 5) is 13.1. The fourth-order valence-electron chi connectivity index (χ4n) is 3.52. The van der Waals surface area contributed by atoms with Crippen LogP contribution < -0.4 is 4.90 Å². The van der Waals surface area contributed by atoms with Gasteiger partial charge in [-0.25, -0.2) is 4.79 Å². The highest BCUT2D eigenvalue weighted by molar-refractivity contribution is 5.70. The van der Waals surface area contributed by atoms with E-state index < -0.39 is 0 Å². The first-order chi connectivity index (χ1) is 9.34. The maximum Gasteiger partial charge on any atom is 0.361 e. The van der Waals surface area contributed by atoms with E-state index in [4.69, 9.17) is 4.74 Å². The molecule has 3 heteroatoms. The fraction of sp³-hybridized carbons (Fsp3) is 0.938. The molecule has 0 atom stereocenters. The minimum Gasteiger partial charge on any atom is -0.462 e. The van der Waals surface area contributed by atoms with Gasteiger partial charge < -0.3 is 9.64 Å². The maximum absolute atomic E-state index is 11.7. The first-order valence-electron chi connectivity index (χ1n) is 8.34. The molecule has 1 saturated carbocycles. The van der Waals surface area contributed by atoms with Gasteiger partial charge in [-0.2, -0.15) is 0 Å². The Balaban J connectivity index is 1.48. The number of carbonyl (C=O) groups excluding carboxylic acids is 1. The number of likely N-dealkylation sites (tertiary alicyclic amines) is 1. The predicted molar refractivity (Wildman–Crippen MR) is 76.2 cm³/mol. The third-order valence-electron chi connectivity index (χ3n) is 4.70. The van der Waals surface area contributed by atoms with Gasteiger partial charge in [-0.3, -0.25) is 0 Å². The summed E-state index contributed by atoms with van der Waals surface area (Å²) in [6.45, 7) is 3.53. The second kappa shape index (κ2) is 8.57. The minimum atomic E-state index is 0.0144. The van der Waals surface area contributed by atoms with Crippen molar-refractivity contribution in [3.8, 4) is 0 Å². The van der Waals surface area contributed by atoms with E-state index in [0.717, 1.165) is 25.4 Å². The topological polar surface area (TPSA) is 30.7 Å². The molecule has 110 valence electrons. The lowest BCUT2D eigenvalue weighted by atomic mass is 9.86. The summed E-state index contributed by atoms with van der Waals surface area (Å²) in [5.41, 5.74) is 0. The standard InChI is InChI=1S/C16H29NO2/c18-16(14-17-11-5-2-6-12-17)19-13-7-10-15-8-3-1-4-9-15/h15H,1-14H2/p+1. The second-order valence-corrected chi connectivity index (χ2v) is 6.35. The fourth-order valence-corrected chi connectivity index (χ4v) is 3.52. The smallest absolute Gasteiger partial charge is 0.361 e. The first-order valence-corrected chi connectivity index (χ1v) is 8.34. The van der Waals surface area contributed by atoms with E-state index >= 15 is 0 Å². The van der Waals surface area contributed by atoms with Crippen molar-refractivity contribution in [1.82, 2.24) is 0 Å². The summed E-state index contributed by atoms with van der Waals surface area (Å²) in [5.74, 6) is 0.917. The summed E-state index contributed by atoms with van der Waals surface area (Å²) in [7, 11) is 0. The molecule has 1 aliphatic carbocycles. The zero-order valence-corrected chi connectivity index (χ0v) is 12.3. The molecule has 0 aromatic rings. The average Bonchev–Trinajstić information content (AvgIpc) is 2.46. The van der Waals surface area contributed by atoms with Crippen molar-refractivity contribution in [3.63, 3.8) is 0 Å². The molecular weight excluding hydrogens is 238 g/mol. The highest BCUT2D eigenvalue weighted by atomic mass is 16.5. The molecule has 2 aliphatic rings. The predicted octanol–water partition coefficient (Wildman–Crippen LogP) is 1.96. The van der Waals surface area contributed by atoms with Crippen LogP contribution in [0.4, 0.5) is 0 Å². The van der Waals surface area contributed by atoms with Crippen LogP contribution >= 0.6 is 0 Å². The summed E-state index contributed by atoms with van der Waals surface area (Å²) in [5, 5.41) is 0. The number of esters is 1. The number of hydrogen-bond acceptors (Lipinski definition) is 2. The maximum atomic E-state index is 11.7. The summed E-state index contributed by atoms with van der Waals surface area (Å²) >= 11 is 0. The van der Waals surface area contributed by atoms with Gasteiger partial charge >= 0.3 is 5.97 Å². The Morgan fingerprint density at radius 2 is 1.68 bits per heavy atom. The monoisotopic (exact) mass is 268 g/mol. The molecule has 0 unspecified atom stereocenters. The average molecular weight is 268 g/mol. The van der Waals surface area contributed by atoms with Crippen LogP contribution in [0.2, 0.25) is 0 Å². The van der Waals surface area contributed by atoms with Gasteiger partial charge in [0.2, 0.25) is 0 Å². The molecular formula is C16H30NO2+. The molecule has 0 amide bonds. The Kier molecular flexibility index (Phi) is 6.69. The molecule has 1 saturated heterocycles. The van der Waals surface area contributed by atoms with Crippen LogP contribution in [-0.4, -0.2) is 32.2 Å². The lowest BCUT2D eigenvalue weighted by Crippen LogP contribution is -3.13. The molecule has 0 bridgehead atoms.